The molecule has 2 aliphatic rings. The van der Waals surface area contributed by atoms with Crippen molar-refractivity contribution in [1.82, 2.24) is 30.2 Å². The highest BCUT2D eigenvalue weighted by Crippen LogP contribution is 2.42. The number of carbonyl (C=O) groups is 1. The molecule has 4 aromatic rings. The van der Waals surface area contributed by atoms with Gasteiger partial charge in [-0.3, -0.25) is 4.90 Å². The van der Waals surface area contributed by atoms with Gasteiger partial charge in [-0.1, -0.05) is 30.3 Å². The molecular formula is C26H29N7O2. The van der Waals surface area contributed by atoms with E-state index in [2.05, 4.69) is 55.5 Å². The van der Waals surface area contributed by atoms with E-state index in [1.165, 1.54) is 10.5 Å². The summed E-state index contributed by atoms with van der Waals surface area (Å²) in [7, 11) is 0. The van der Waals surface area contributed by atoms with E-state index >= 15 is 0 Å². The number of aromatic amines is 1. The van der Waals surface area contributed by atoms with Gasteiger partial charge in [0, 0.05) is 30.0 Å². The first-order chi connectivity index (χ1) is 17.1. The third kappa shape index (κ3) is 3.84. The fraction of sp³-hybridized carbons (Fsp3) is 0.423. The highest BCUT2D eigenvalue weighted by Gasteiger charge is 2.33. The summed E-state index contributed by atoms with van der Waals surface area (Å²) in [4.78, 5) is 18.7. The first kappa shape index (κ1) is 21.8. The number of aryl methyl sites for hydroxylation is 1. The van der Waals surface area contributed by atoms with Crippen LogP contribution in [0, 0.1) is 0 Å². The smallest absolute Gasteiger partial charge is 0.412 e. The number of rotatable bonds is 4. The van der Waals surface area contributed by atoms with Gasteiger partial charge in [-0.15, -0.1) is 5.10 Å². The lowest BCUT2D eigenvalue weighted by Gasteiger charge is -2.33. The maximum absolute atomic E-state index is 12.0. The predicted octanol–water partition coefficient (Wildman–Crippen LogP) is 4.86. The van der Waals surface area contributed by atoms with E-state index in [9.17, 15) is 9.90 Å². The van der Waals surface area contributed by atoms with Crippen LogP contribution < -0.4 is 4.90 Å². The Hall–Kier alpha value is -3.75. The summed E-state index contributed by atoms with van der Waals surface area (Å²) < 4.78 is 2.43. The number of imidazole rings is 1. The largest absolute Gasteiger partial charge is 0.465 e. The van der Waals surface area contributed by atoms with Gasteiger partial charge in [-0.25, -0.2) is 14.9 Å². The standard InChI is InChI=1S/C26H29N7O2/c1-16-7-12-20-21(32(16)26(34)35)13-14-22-24(20)27-23(15-17-5-3-2-4-6-17)33(22)19-10-8-18(9-11-19)25-28-30-31-29-25/h2-6,13-14,16,18-19H,7-12,15H2,1H3,(H,34,35)(H,28,29,30,31)/t16-,18-,19+/m0/s1. The molecule has 0 bridgehead atoms. The maximum atomic E-state index is 12.0. The number of nitrogens with zero attached hydrogens (tertiary/aromatic N) is 6. The lowest BCUT2D eigenvalue weighted by Crippen LogP contribution is -2.41. The number of amides is 1. The molecule has 1 aliphatic heterocycles. The normalized spacial score (nSPS) is 22.3. The van der Waals surface area contributed by atoms with Crippen LogP contribution in [0.25, 0.3) is 11.0 Å². The Morgan fingerprint density at radius 2 is 1.89 bits per heavy atom. The van der Waals surface area contributed by atoms with Crippen LogP contribution in [0.4, 0.5) is 10.5 Å². The molecule has 0 spiro atoms. The number of carboxylic acid groups (broad SMARTS) is 1. The van der Waals surface area contributed by atoms with Crippen molar-refractivity contribution < 1.29 is 9.90 Å². The Balaban J connectivity index is 1.42. The number of fused-ring (bicyclic) bond motifs is 3. The van der Waals surface area contributed by atoms with Gasteiger partial charge in [0.05, 0.1) is 16.7 Å². The second kappa shape index (κ2) is 8.79. The SMILES string of the molecule is C[C@H]1CCc2c(ccc3c2nc(Cc2ccccc2)n3[C@H]2CC[C@@H](c3nnn[nH]3)CC2)N1C(=O)O. The van der Waals surface area contributed by atoms with Crippen LogP contribution in [0.3, 0.4) is 0 Å². The third-order valence-electron chi connectivity index (χ3n) is 7.75. The average Bonchev–Trinajstić information content (AvgIpc) is 3.53. The van der Waals surface area contributed by atoms with E-state index in [1.807, 2.05) is 19.1 Å². The molecule has 9 heteroatoms. The van der Waals surface area contributed by atoms with Gasteiger partial charge in [0.1, 0.15) is 5.82 Å². The van der Waals surface area contributed by atoms with E-state index in [-0.39, 0.29) is 6.04 Å². The average molecular weight is 472 g/mol. The summed E-state index contributed by atoms with van der Waals surface area (Å²) in [5.74, 6) is 2.28. The van der Waals surface area contributed by atoms with Crippen molar-refractivity contribution in [3.05, 3.63) is 65.2 Å². The number of tetrazole rings is 1. The van der Waals surface area contributed by atoms with E-state index in [0.29, 0.717) is 12.0 Å². The van der Waals surface area contributed by atoms with E-state index in [1.54, 1.807) is 0 Å². The van der Waals surface area contributed by atoms with Crippen molar-refractivity contribution in [2.24, 2.45) is 0 Å². The molecule has 2 aromatic heterocycles. The topological polar surface area (TPSA) is 113 Å². The minimum absolute atomic E-state index is 0.0378. The molecule has 9 nitrogen and oxygen atoms in total. The van der Waals surface area contributed by atoms with Crippen LogP contribution in [0.5, 0.6) is 0 Å². The first-order valence-corrected chi connectivity index (χ1v) is 12.4. The second-order valence-electron chi connectivity index (χ2n) is 9.82. The second-order valence-corrected chi connectivity index (χ2v) is 9.82. The van der Waals surface area contributed by atoms with Crippen molar-refractivity contribution in [3.8, 4) is 0 Å². The molecule has 2 N–H and O–H groups in total. The van der Waals surface area contributed by atoms with Crippen LogP contribution in [-0.2, 0) is 12.8 Å². The number of hydrogen-bond acceptors (Lipinski definition) is 5. The van der Waals surface area contributed by atoms with Crippen molar-refractivity contribution in [3.63, 3.8) is 0 Å². The molecule has 0 unspecified atom stereocenters. The molecule has 6 rings (SSSR count). The zero-order valence-corrected chi connectivity index (χ0v) is 19.8. The summed E-state index contributed by atoms with van der Waals surface area (Å²) in [5, 5.41) is 24.5. The molecule has 180 valence electrons. The van der Waals surface area contributed by atoms with Gasteiger partial charge in [-0.05, 0) is 73.6 Å². The Labute approximate surface area is 203 Å². The maximum Gasteiger partial charge on any atom is 0.412 e. The number of benzene rings is 2. The van der Waals surface area contributed by atoms with Gasteiger partial charge in [0.2, 0.25) is 0 Å². The highest BCUT2D eigenvalue weighted by atomic mass is 16.4. The number of anilines is 1. The van der Waals surface area contributed by atoms with Crippen molar-refractivity contribution in [1.29, 1.82) is 0 Å². The highest BCUT2D eigenvalue weighted by molar-refractivity contribution is 5.94. The quantitative estimate of drug-likeness (QED) is 0.440. The predicted molar refractivity (Wildman–Crippen MR) is 132 cm³/mol. The van der Waals surface area contributed by atoms with Crippen LogP contribution in [0.15, 0.2) is 42.5 Å². The Morgan fingerprint density at radius 3 is 2.60 bits per heavy atom. The summed E-state index contributed by atoms with van der Waals surface area (Å²) >= 11 is 0. The van der Waals surface area contributed by atoms with Crippen molar-refractivity contribution in [2.45, 2.75) is 69.9 Å². The lowest BCUT2D eigenvalue weighted by atomic mass is 9.85. The molecule has 1 atom stereocenters. The zero-order valence-electron chi connectivity index (χ0n) is 19.8. The Kier molecular flexibility index (Phi) is 5.47. The van der Waals surface area contributed by atoms with Gasteiger partial charge < -0.3 is 9.67 Å². The summed E-state index contributed by atoms with van der Waals surface area (Å²) in [6, 6.07) is 14.8. The van der Waals surface area contributed by atoms with Gasteiger partial charge in [-0.2, -0.15) is 0 Å². The Bertz CT molecular complexity index is 1340. The molecule has 1 saturated carbocycles. The fourth-order valence-electron chi connectivity index (χ4n) is 6.00. The molecule has 0 radical (unpaired) electrons. The Morgan fingerprint density at radius 1 is 1.09 bits per heavy atom. The zero-order chi connectivity index (χ0) is 23.9. The molecule has 1 amide bonds. The minimum Gasteiger partial charge on any atom is -0.465 e. The molecule has 35 heavy (non-hydrogen) atoms. The van der Waals surface area contributed by atoms with Gasteiger partial charge in [0.15, 0.2) is 5.82 Å². The van der Waals surface area contributed by atoms with E-state index in [0.717, 1.165) is 78.9 Å². The van der Waals surface area contributed by atoms with Gasteiger partial charge in [0.25, 0.3) is 0 Å². The van der Waals surface area contributed by atoms with Gasteiger partial charge >= 0.3 is 6.09 Å². The van der Waals surface area contributed by atoms with Crippen LogP contribution >= 0.6 is 0 Å². The number of aromatic nitrogens is 6. The molecular weight excluding hydrogens is 442 g/mol. The van der Waals surface area contributed by atoms with Crippen molar-refractivity contribution >= 4 is 22.8 Å². The minimum atomic E-state index is -0.901. The molecule has 2 aromatic carbocycles. The monoisotopic (exact) mass is 471 g/mol. The third-order valence-corrected chi connectivity index (χ3v) is 7.75. The fourth-order valence-corrected chi connectivity index (χ4v) is 6.00. The van der Waals surface area contributed by atoms with E-state index < -0.39 is 6.09 Å². The number of H-pyrrole nitrogens is 1. The summed E-state index contributed by atoms with van der Waals surface area (Å²) in [6.45, 7) is 1.98. The van der Waals surface area contributed by atoms with Crippen molar-refractivity contribution in [2.75, 3.05) is 4.90 Å². The van der Waals surface area contributed by atoms with Crippen LogP contribution in [0.2, 0.25) is 0 Å². The van der Waals surface area contributed by atoms with Crippen LogP contribution in [0.1, 0.15) is 73.8 Å². The first-order valence-electron chi connectivity index (χ1n) is 12.4. The number of hydrogen-bond donors (Lipinski definition) is 2. The molecule has 0 saturated heterocycles. The molecule has 1 fully saturated rings. The number of nitrogens with one attached hydrogen (secondary N) is 1. The molecule has 1 aliphatic carbocycles. The van der Waals surface area contributed by atoms with Crippen LogP contribution in [-0.4, -0.2) is 47.4 Å². The molecule has 3 heterocycles. The summed E-state index contributed by atoms with van der Waals surface area (Å²) in [6.07, 6.45) is 5.56. The van der Waals surface area contributed by atoms with E-state index in [4.69, 9.17) is 4.98 Å². The summed E-state index contributed by atoms with van der Waals surface area (Å²) in [5.41, 5.74) is 5.12. The lowest BCUT2D eigenvalue weighted by molar-refractivity contribution is 0.198.